The van der Waals surface area contributed by atoms with Crippen molar-refractivity contribution in [2.24, 2.45) is 11.3 Å². The normalized spacial score (nSPS) is 26.2. The summed E-state index contributed by atoms with van der Waals surface area (Å²) in [5.74, 6) is -0.368. The average Bonchev–Trinajstić information content (AvgIpc) is 2.84. The molecule has 0 spiro atoms. The zero-order valence-electron chi connectivity index (χ0n) is 11.9. The second-order valence-electron chi connectivity index (χ2n) is 5.92. The predicted molar refractivity (Wildman–Crippen MR) is 79.1 cm³/mol. The molecule has 0 unspecified atom stereocenters. The molecular formula is C15H21NO3S. The van der Waals surface area contributed by atoms with Gasteiger partial charge in [0.05, 0.1) is 11.0 Å². The summed E-state index contributed by atoms with van der Waals surface area (Å²) in [4.78, 5) is 23.7. The second kappa shape index (κ2) is 5.95. The van der Waals surface area contributed by atoms with E-state index in [1.807, 2.05) is 12.3 Å². The van der Waals surface area contributed by atoms with Crippen LogP contribution in [0.4, 0.5) is 0 Å². The number of carbonyl (C=O) groups is 2. The number of aliphatic carboxylic acids is 1. The number of carboxylic acid groups (broad SMARTS) is 1. The van der Waals surface area contributed by atoms with Gasteiger partial charge in [0.25, 0.3) is 5.91 Å². The molecular weight excluding hydrogens is 274 g/mol. The van der Waals surface area contributed by atoms with Crippen molar-refractivity contribution in [3.8, 4) is 0 Å². The van der Waals surface area contributed by atoms with E-state index >= 15 is 0 Å². The van der Waals surface area contributed by atoms with Crippen LogP contribution in [-0.4, -0.2) is 23.5 Å². The van der Waals surface area contributed by atoms with Crippen LogP contribution in [0.3, 0.4) is 0 Å². The third kappa shape index (κ3) is 3.03. The minimum absolute atomic E-state index is 0.164. The molecule has 1 heterocycles. The maximum atomic E-state index is 12.1. The molecule has 1 amide bonds. The first kappa shape index (κ1) is 15.0. The van der Waals surface area contributed by atoms with Crippen LogP contribution in [0.15, 0.2) is 10.8 Å². The zero-order valence-corrected chi connectivity index (χ0v) is 12.8. The molecule has 1 saturated carbocycles. The highest BCUT2D eigenvalue weighted by molar-refractivity contribution is 7.08. The molecule has 1 fully saturated rings. The van der Waals surface area contributed by atoms with E-state index in [4.69, 9.17) is 0 Å². The molecule has 110 valence electrons. The van der Waals surface area contributed by atoms with E-state index in [1.165, 1.54) is 11.3 Å². The summed E-state index contributed by atoms with van der Waals surface area (Å²) in [6.45, 7) is 4.27. The first-order valence-corrected chi connectivity index (χ1v) is 7.93. The number of nitrogens with one attached hydrogen (secondary N) is 1. The first-order chi connectivity index (χ1) is 9.44. The molecule has 1 aliphatic carbocycles. The van der Waals surface area contributed by atoms with Crippen molar-refractivity contribution >= 4 is 23.2 Å². The van der Waals surface area contributed by atoms with Crippen LogP contribution in [0.1, 0.15) is 48.5 Å². The van der Waals surface area contributed by atoms with Crippen LogP contribution < -0.4 is 5.32 Å². The van der Waals surface area contributed by atoms with Crippen LogP contribution in [0.5, 0.6) is 0 Å². The standard InChI is InChI=1S/C15H21NO3S/c1-10-3-5-15(6-4-10,14(18)19)9-16-13(17)12-8-20-7-11(12)2/h7-8,10H,3-6,9H2,1-2H3,(H,16,17)(H,18,19). The number of amides is 1. The summed E-state index contributed by atoms with van der Waals surface area (Å²) in [7, 11) is 0. The number of thiophene rings is 1. The van der Waals surface area contributed by atoms with Crippen molar-refractivity contribution in [1.29, 1.82) is 0 Å². The highest BCUT2D eigenvalue weighted by atomic mass is 32.1. The summed E-state index contributed by atoms with van der Waals surface area (Å²) in [6, 6.07) is 0. The number of hydrogen-bond donors (Lipinski definition) is 2. The van der Waals surface area contributed by atoms with E-state index in [-0.39, 0.29) is 12.5 Å². The van der Waals surface area contributed by atoms with Gasteiger partial charge in [0.2, 0.25) is 0 Å². The number of hydrogen-bond acceptors (Lipinski definition) is 3. The monoisotopic (exact) mass is 295 g/mol. The van der Waals surface area contributed by atoms with Gasteiger partial charge in [0.15, 0.2) is 0 Å². The van der Waals surface area contributed by atoms with Gasteiger partial charge in [0.1, 0.15) is 0 Å². The molecule has 1 aliphatic rings. The summed E-state index contributed by atoms with van der Waals surface area (Å²) in [5, 5.41) is 16.1. The van der Waals surface area contributed by atoms with E-state index in [1.54, 1.807) is 5.38 Å². The Morgan fingerprint density at radius 3 is 2.55 bits per heavy atom. The Morgan fingerprint density at radius 1 is 1.40 bits per heavy atom. The van der Waals surface area contributed by atoms with E-state index in [2.05, 4.69) is 12.2 Å². The van der Waals surface area contributed by atoms with Crippen molar-refractivity contribution in [3.05, 3.63) is 21.9 Å². The predicted octanol–water partition coefficient (Wildman–Crippen LogP) is 3.07. The Hall–Kier alpha value is -1.36. The largest absolute Gasteiger partial charge is 0.481 e. The fourth-order valence-corrected chi connectivity index (χ4v) is 3.55. The molecule has 20 heavy (non-hydrogen) atoms. The van der Waals surface area contributed by atoms with Crippen molar-refractivity contribution in [2.75, 3.05) is 6.54 Å². The highest BCUT2D eigenvalue weighted by Gasteiger charge is 2.41. The maximum absolute atomic E-state index is 12.1. The zero-order chi connectivity index (χ0) is 14.8. The van der Waals surface area contributed by atoms with Gasteiger partial charge < -0.3 is 10.4 Å². The smallest absolute Gasteiger partial charge is 0.311 e. The van der Waals surface area contributed by atoms with Crippen LogP contribution in [0.25, 0.3) is 0 Å². The lowest BCUT2D eigenvalue weighted by Crippen LogP contribution is -2.45. The molecule has 1 aromatic rings. The van der Waals surface area contributed by atoms with Crippen LogP contribution >= 0.6 is 11.3 Å². The highest BCUT2D eigenvalue weighted by Crippen LogP contribution is 2.38. The third-order valence-corrected chi connectivity index (χ3v) is 5.23. The fraction of sp³-hybridized carbons (Fsp3) is 0.600. The Labute approximate surface area is 123 Å². The molecule has 0 bridgehead atoms. The molecule has 0 atom stereocenters. The molecule has 5 heteroatoms. The van der Waals surface area contributed by atoms with Gasteiger partial charge in [-0.2, -0.15) is 11.3 Å². The molecule has 2 N–H and O–H groups in total. The summed E-state index contributed by atoms with van der Waals surface area (Å²) in [5.41, 5.74) is 0.806. The van der Waals surface area contributed by atoms with Crippen molar-refractivity contribution in [3.63, 3.8) is 0 Å². The topological polar surface area (TPSA) is 66.4 Å². The lowest BCUT2D eigenvalue weighted by atomic mass is 9.71. The summed E-state index contributed by atoms with van der Waals surface area (Å²) in [6.07, 6.45) is 3.12. The molecule has 0 aliphatic heterocycles. The lowest BCUT2D eigenvalue weighted by molar-refractivity contribution is -0.151. The lowest BCUT2D eigenvalue weighted by Gasteiger charge is -2.35. The Balaban J connectivity index is 2.02. The van der Waals surface area contributed by atoms with Crippen molar-refractivity contribution in [1.82, 2.24) is 5.32 Å². The van der Waals surface area contributed by atoms with Gasteiger partial charge in [-0.3, -0.25) is 9.59 Å². The van der Waals surface area contributed by atoms with Gasteiger partial charge in [-0.05, 0) is 49.5 Å². The Kier molecular flexibility index (Phi) is 4.48. The minimum atomic E-state index is -0.786. The molecule has 2 rings (SSSR count). The van der Waals surface area contributed by atoms with E-state index in [0.717, 1.165) is 18.4 Å². The first-order valence-electron chi connectivity index (χ1n) is 6.99. The average molecular weight is 295 g/mol. The fourth-order valence-electron chi connectivity index (χ4n) is 2.72. The van der Waals surface area contributed by atoms with Crippen molar-refractivity contribution < 1.29 is 14.7 Å². The summed E-state index contributed by atoms with van der Waals surface area (Å²) >= 11 is 1.48. The second-order valence-corrected chi connectivity index (χ2v) is 6.66. The maximum Gasteiger partial charge on any atom is 0.311 e. The van der Waals surface area contributed by atoms with Gasteiger partial charge in [0, 0.05) is 11.9 Å². The van der Waals surface area contributed by atoms with Gasteiger partial charge in [-0.15, -0.1) is 0 Å². The number of carbonyl (C=O) groups excluding carboxylic acids is 1. The van der Waals surface area contributed by atoms with E-state index in [9.17, 15) is 14.7 Å². The molecule has 0 saturated heterocycles. The van der Waals surface area contributed by atoms with E-state index < -0.39 is 11.4 Å². The van der Waals surface area contributed by atoms with Crippen molar-refractivity contribution in [2.45, 2.75) is 39.5 Å². The van der Waals surface area contributed by atoms with Crippen LogP contribution in [0.2, 0.25) is 0 Å². The SMILES string of the molecule is Cc1cscc1C(=O)NCC1(C(=O)O)CCC(C)CC1. The molecule has 1 aromatic heterocycles. The Bertz CT molecular complexity index is 501. The molecule has 0 aromatic carbocycles. The molecule has 4 nitrogen and oxygen atoms in total. The third-order valence-electron chi connectivity index (χ3n) is 4.37. The van der Waals surface area contributed by atoms with Gasteiger partial charge >= 0.3 is 5.97 Å². The minimum Gasteiger partial charge on any atom is -0.481 e. The Morgan fingerprint density at radius 2 is 2.05 bits per heavy atom. The van der Waals surface area contributed by atoms with Gasteiger partial charge in [-0.1, -0.05) is 6.92 Å². The number of aryl methyl sites for hydroxylation is 1. The number of carboxylic acids is 1. The molecule has 0 radical (unpaired) electrons. The van der Waals surface area contributed by atoms with E-state index in [0.29, 0.717) is 24.3 Å². The van der Waals surface area contributed by atoms with Gasteiger partial charge in [-0.25, -0.2) is 0 Å². The number of rotatable bonds is 4. The van der Waals surface area contributed by atoms with Crippen LogP contribution in [0, 0.1) is 18.3 Å². The quantitative estimate of drug-likeness (QED) is 0.897. The van der Waals surface area contributed by atoms with Crippen LogP contribution in [-0.2, 0) is 4.79 Å². The summed E-state index contributed by atoms with van der Waals surface area (Å²) < 4.78 is 0.